The van der Waals surface area contributed by atoms with Gasteiger partial charge >= 0.3 is 0 Å². The van der Waals surface area contributed by atoms with E-state index in [0.29, 0.717) is 0 Å². The highest BCUT2D eigenvalue weighted by Crippen LogP contribution is 2.32. The van der Waals surface area contributed by atoms with Gasteiger partial charge in [0.2, 0.25) is 5.91 Å². The Morgan fingerprint density at radius 1 is 1.53 bits per heavy atom. The second kappa shape index (κ2) is 6.22. The zero-order valence-corrected chi connectivity index (χ0v) is 13.7. The van der Waals surface area contributed by atoms with Gasteiger partial charge in [-0.3, -0.25) is 4.79 Å². The Labute approximate surface area is 128 Å². The third-order valence-corrected chi connectivity index (χ3v) is 4.74. The summed E-state index contributed by atoms with van der Waals surface area (Å²) in [6, 6.07) is 6.11. The average molecular weight is 372 g/mol. The number of carbonyl (C=O) groups excluding carboxylic acids is 1. The van der Waals surface area contributed by atoms with Gasteiger partial charge in [-0.25, -0.2) is 0 Å². The molecule has 1 amide bonds. The van der Waals surface area contributed by atoms with Crippen LogP contribution in [0.4, 0.5) is 5.69 Å². The van der Waals surface area contributed by atoms with E-state index in [9.17, 15) is 4.79 Å². The van der Waals surface area contributed by atoms with Gasteiger partial charge in [0.25, 0.3) is 0 Å². The lowest BCUT2D eigenvalue weighted by atomic mass is 9.77. The van der Waals surface area contributed by atoms with E-state index in [-0.39, 0.29) is 11.3 Å². The lowest BCUT2D eigenvalue weighted by Gasteiger charge is -2.35. The second-order valence-corrected chi connectivity index (χ2v) is 6.57. The fourth-order valence-corrected chi connectivity index (χ4v) is 3.29. The molecule has 2 rings (SSSR count). The third-order valence-electron chi connectivity index (χ3n) is 4.07. The minimum atomic E-state index is -0.242. The van der Waals surface area contributed by atoms with Gasteiger partial charge < -0.3 is 10.6 Å². The van der Waals surface area contributed by atoms with Crippen molar-refractivity contribution in [3.8, 4) is 0 Å². The predicted molar refractivity (Wildman–Crippen MR) is 87.4 cm³/mol. The zero-order valence-electron chi connectivity index (χ0n) is 11.6. The maximum atomic E-state index is 12.6. The van der Waals surface area contributed by atoms with Gasteiger partial charge in [-0.2, -0.15) is 0 Å². The van der Waals surface area contributed by atoms with Crippen molar-refractivity contribution in [1.29, 1.82) is 0 Å². The number of benzene rings is 1. The van der Waals surface area contributed by atoms with E-state index in [4.69, 9.17) is 0 Å². The summed E-state index contributed by atoms with van der Waals surface area (Å²) < 4.78 is 1.19. The second-order valence-electron chi connectivity index (χ2n) is 5.33. The molecule has 104 valence electrons. The summed E-state index contributed by atoms with van der Waals surface area (Å²) in [4.78, 5) is 12.6. The van der Waals surface area contributed by atoms with Crippen molar-refractivity contribution >= 4 is 34.2 Å². The Bertz CT molecular complexity index is 467. The number of hydrogen-bond acceptors (Lipinski definition) is 2. The van der Waals surface area contributed by atoms with Crippen molar-refractivity contribution in [3.63, 3.8) is 0 Å². The number of amides is 1. The standard InChI is InChI=1S/C15H21IN2O/c1-3-15(7-4-8-17-10-15)14(19)18-13-6-5-12(16)9-11(13)2/h5-6,9,17H,3-4,7-8,10H2,1-2H3,(H,18,19). The van der Waals surface area contributed by atoms with Crippen molar-refractivity contribution in [3.05, 3.63) is 27.3 Å². The first kappa shape index (κ1) is 14.8. The number of carbonyl (C=O) groups is 1. The molecule has 1 saturated heterocycles. The van der Waals surface area contributed by atoms with Crippen LogP contribution >= 0.6 is 22.6 Å². The summed E-state index contributed by atoms with van der Waals surface area (Å²) in [5.74, 6) is 0.159. The van der Waals surface area contributed by atoms with E-state index in [1.807, 2.05) is 19.1 Å². The number of piperidine rings is 1. The van der Waals surface area contributed by atoms with E-state index in [0.717, 1.165) is 43.6 Å². The fourth-order valence-electron chi connectivity index (χ4n) is 2.65. The molecule has 2 N–H and O–H groups in total. The quantitative estimate of drug-likeness (QED) is 0.800. The van der Waals surface area contributed by atoms with Gasteiger partial charge in [0.05, 0.1) is 5.41 Å². The molecule has 0 spiro atoms. The molecule has 1 fully saturated rings. The molecule has 1 aliphatic rings. The molecule has 1 aromatic carbocycles. The number of rotatable bonds is 3. The Balaban J connectivity index is 2.15. The lowest BCUT2D eigenvalue weighted by Crippen LogP contribution is -2.47. The first-order valence-electron chi connectivity index (χ1n) is 6.86. The summed E-state index contributed by atoms with van der Waals surface area (Å²) >= 11 is 2.29. The molecular formula is C15H21IN2O. The van der Waals surface area contributed by atoms with Crippen molar-refractivity contribution in [1.82, 2.24) is 5.32 Å². The minimum absolute atomic E-state index is 0.159. The molecule has 1 atom stereocenters. The zero-order chi connectivity index (χ0) is 13.9. The first-order chi connectivity index (χ1) is 9.07. The molecule has 4 heteroatoms. The Kier molecular flexibility index (Phi) is 4.84. The molecule has 19 heavy (non-hydrogen) atoms. The Hall–Kier alpha value is -0.620. The van der Waals surface area contributed by atoms with E-state index >= 15 is 0 Å². The van der Waals surface area contributed by atoms with Gasteiger partial charge in [0.15, 0.2) is 0 Å². The fraction of sp³-hybridized carbons (Fsp3) is 0.533. The van der Waals surface area contributed by atoms with E-state index in [2.05, 4.69) is 46.2 Å². The van der Waals surface area contributed by atoms with Crippen LogP contribution in [-0.2, 0) is 4.79 Å². The largest absolute Gasteiger partial charge is 0.325 e. The SMILES string of the molecule is CCC1(C(=O)Nc2ccc(I)cc2C)CCCNC1. The van der Waals surface area contributed by atoms with Crippen LogP contribution in [0.25, 0.3) is 0 Å². The van der Waals surface area contributed by atoms with Crippen molar-refractivity contribution < 1.29 is 4.79 Å². The highest BCUT2D eigenvalue weighted by molar-refractivity contribution is 14.1. The topological polar surface area (TPSA) is 41.1 Å². The Morgan fingerprint density at radius 2 is 2.32 bits per heavy atom. The van der Waals surface area contributed by atoms with Gasteiger partial charge in [-0.15, -0.1) is 0 Å². The van der Waals surface area contributed by atoms with E-state index in [1.54, 1.807) is 0 Å². The van der Waals surface area contributed by atoms with E-state index in [1.165, 1.54) is 3.57 Å². The van der Waals surface area contributed by atoms with Crippen LogP contribution in [0.5, 0.6) is 0 Å². The molecule has 1 unspecified atom stereocenters. The minimum Gasteiger partial charge on any atom is -0.325 e. The highest BCUT2D eigenvalue weighted by Gasteiger charge is 2.37. The Morgan fingerprint density at radius 3 is 2.89 bits per heavy atom. The van der Waals surface area contributed by atoms with Gasteiger partial charge in [0, 0.05) is 15.8 Å². The molecule has 1 aliphatic heterocycles. The lowest BCUT2D eigenvalue weighted by molar-refractivity contribution is -0.126. The average Bonchev–Trinajstić information content (AvgIpc) is 2.42. The van der Waals surface area contributed by atoms with Crippen LogP contribution in [0.15, 0.2) is 18.2 Å². The van der Waals surface area contributed by atoms with Crippen molar-refractivity contribution in [2.24, 2.45) is 5.41 Å². The van der Waals surface area contributed by atoms with Crippen LogP contribution in [0.2, 0.25) is 0 Å². The van der Waals surface area contributed by atoms with Crippen LogP contribution in [0.1, 0.15) is 31.7 Å². The normalized spacial score (nSPS) is 23.1. The molecule has 0 saturated carbocycles. The molecule has 0 bridgehead atoms. The first-order valence-corrected chi connectivity index (χ1v) is 7.93. The van der Waals surface area contributed by atoms with Gasteiger partial charge in [-0.1, -0.05) is 6.92 Å². The van der Waals surface area contributed by atoms with E-state index < -0.39 is 0 Å². The molecule has 0 aromatic heterocycles. The van der Waals surface area contributed by atoms with Crippen LogP contribution in [0, 0.1) is 15.9 Å². The molecule has 1 aromatic rings. The number of halogens is 1. The summed E-state index contributed by atoms with van der Waals surface area (Å²) in [5, 5.41) is 6.47. The van der Waals surface area contributed by atoms with Crippen molar-refractivity contribution in [2.45, 2.75) is 33.1 Å². The number of aryl methyl sites for hydroxylation is 1. The monoisotopic (exact) mass is 372 g/mol. The summed E-state index contributed by atoms with van der Waals surface area (Å²) in [5.41, 5.74) is 1.81. The highest BCUT2D eigenvalue weighted by atomic mass is 127. The molecule has 1 heterocycles. The molecule has 0 radical (unpaired) electrons. The van der Waals surface area contributed by atoms with Crippen LogP contribution < -0.4 is 10.6 Å². The summed E-state index contributed by atoms with van der Waals surface area (Å²) in [7, 11) is 0. The summed E-state index contributed by atoms with van der Waals surface area (Å²) in [6.07, 6.45) is 2.94. The smallest absolute Gasteiger partial charge is 0.231 e. The number of nitrogens with one attached hydrogen (secondary N) is 2. The number of hydrogen-bond donors (Lipinski definition) is 2. The molecule has 0 aliphatic carbocycles. The molecule has 3 nitrogen and oxygen atoms in total. The predicted octanol–water partition coefficient (Wildman–Crippen LogP) is 3.32. The van der Waals surface area contributed by atoms with Crippen LogP contribution in [-0.4, -0.2) is 19.0 Å². The third kappa shape index (κ3) is 3.28. The summed E-state index contributed by atoms with van der Waals surface area (Å²) in [6.45, 7) is 5.96. The van der Waals surface area contributed by atoms with Gasteiger partial charge in [0.1, 0.15) is 0 Å². The maximum absolute atomic E-state index is 12.6. The number of anilines is 1. The van der Waals surface area contributed by atoms with Gasteiger partial charge in [-0.05, 0) is 79.1 Å². The van der Waals surface area contributed by atoms with Crippen molar-refractivity contribution in [2.75, 3.05) is 18.4 Å². The maximum Gasteiger partial charge on any atom is 0.231 e. The van der Waals surface area contributed by atoms with Crippen LogP contribution in [0.3, 0.4) is 0 Å². The molecular weight excluding hydrogens is 351 g/mol.